The summed E-state index contributed by atoms with van der Waals surface area (Å²) in [6.45, 7) is 5.42. The summed E-state index contributed by atoms with van der Waals surface area (Å²) in [4.78, 5) is 12.2. The van der Waals surface area contributed by atoms with E-state index in [4.69, 9.17) is 9.84 Å². The molecule has 1 heterocycles. The quantitative estimate of drug-likeness (QED) is 0.698. The Labute approximate surface area is 83.3 Å². The summed E-state index contributed by atoms with van der Waals surface area (Å²) in [5, 5.41) is 18.2. The minimum Gasteiger partial charge on any atom is -0.465 e. The first-order chi connectivity index (χ1) is 6.34. The van der Waals surface area contributed by atoms with E-state index >= 15 is 0 Å². The first kappa shape index (κ1) is 11.3. The van der Waals surface area contributed by atoms with Crippen LogP contribution in [0.5, 0.6) is 0 Å². The van der Waals surface area contributed by atoms with Crippen molar-refractivity contribution >= 4 is 6.09 Å². The first-order valence-electron chi connectivity index (χ1n) is 4.69. The van der Waals surface area contributed by atoms with Crippen LogP contribution < -0.4 is 0 Å². The van der Waals surface area contributed by atoms with Crippen LogP contribution in [0.25, 0.3) is 0 Å². The monoisotopic (exact) mass is 203 g/mol. The number of rotatable bonds is 2. The van der Waals surface area contributed by atoms with Gasteiger partial charge in [-0.25, -0.2) is 4.79 Å². The van der Waals surface area contributed by atoms with Crippen molar-refractivity contribution in [2.45, 2.75) is 45.1 Å². The van der Waals surface area contributed by atoms with Gasteiger partial charge in [0.05, 0.1) is 18.8 Å². The lowest BCUT2D eigenvalue weighted by Crippen LogP contribution is -2.47. The summed E-state index contributed by atoms with van der Waals surface area (Å²) >= 11 is 0. The van der Waals surface area contributed by atoms with E-state index in [0.29, 0.717) is 13.0 Å². The molecule has 1 saturated heterocycles. The Hall–Kier alpha value is -0.810. The topological polar surface area (TPSA) is 70.0 Å². The van der Waals surface area contributed by atoms with Gasteiger partial charge in [0.25, 0.3) is 0 Å². The zero-order valence-corrected chi connectivity index (χ0v) is 8.73. The predicted molar refractivity (Wildman–Crippen MR) is 50.0 cm³/mol. The van der Waals surface area contributed by atoms with Gasteiger partial charge in [-0.3, -0.25) is 4.90 Å². The third kappa shape index (κ3) is 2.16. The summed E-state index contributed by atoms with van der Waals surface area (Å²) in [5.41, 5.74) is -0.786. The number of carbonyl (C=O) groups is 1. The molecule has 1 rings (SSSR count). The molecular weight excluding hydrogens is 186 g/mol. The van der Waals surface area contributed by atoms with Gasteiger partial charge in [0.2, 0.25) is 0 Å². The lowest BCUT2D eigenvalue weighted by atomic mass is 10.1. The Morgan fingerprint density at radius 2 is 2.29 bits per heavy atom. The summed E-state index contributed by atoms with van der Waals surface area (Å²) in [6.07, 6.45) is -1.10. The van der Waals surface area contributed by atoms with Crippen LogP contribution in [0.15, 0.2) is 0 Å². The fourth-order valence-electron chi connectivity index (χ4n) is 1.84. The average molecular weight is 203 g/mol. The standard InChI is InChI=1S/C9H17NO4/c1-6(11)4-7-5-14-9(2,3)10(7)8(12)13/h6-7,11H,4-5H2,1-3H3,(H,12,13)/t6-,7+/m0/s1. The molecule has 5 heteroatoms. The van der Waals surface area contributed by atoms with Crippen molar-refractivity contribution in [2.24, 2.45) is 0 Å². The Balaban J connectivity index is 2.74. The molecule has 1 aliphatic rings. The number of aliphatic hydroxyl groups is 1. The highest BCUT2D eigenvalue weighted by Crippen LogP contribution is 2.29. The van der Waals surface area contributed by atoms with E-state index in [0.717, 1.165) is 0 Å². The fraction of sp³-hybridized carbons (Fsp3) is 0.889. The number of amides is 1. The highest BCUT2D eigenvalue weighted by atomic mass is 16.5. The minimum atomic E-state index is -1.00. The van der Waals surface area contributed by atoms with Crippen LogP contribution in [0.2, 0.25) is 0 Å². The highest BCUT2D eigenvalue weighted by Gasteiger charge is 2.43. The predicted octanol–water partition coefficient (Wildman–Crippen LogP) is 0.872. The largest absolute Gasteiger partial charge is 0.465 e. The van der Waals surface area contributed by atoms with Crippen LogP contribution in [0, 0.1) is 0 Å². The molecule has 1 aliphatic heterocycles. The van der Waals surface area contributed by atoms with Gasteiger partial charge in [0.15, 0.2) is 0 Å². The number of ether oxygens (including phenoxy) is 1. The van der Waals surface area contributed by atoms with Crippen molar-refractivity contribution in [2.75, 3.05) is 6.61 Å². The molecule has 1 amide bonds. The number of carboxylic acid groups (broad SMARTS) is 1. The molecule has 0 aromatic rings. The van der Waals surface area contributed by atoms with Gasteiger partial charge in [0.1, 0.15) is 5.72 Å². The molecule has 0 unspecified atom stereocenters. The molecule has 0 aromatic carbocycles. The number of hydrogen-bond acceptors (Lipinski definition) is 3. The molecule has 0 aliphatic carbocycles. The van der Waals surface area contributed by atoms with E-state index in [1.807, 2.05) is 0 Å². The zero-order chi connectivity index (χ0) is 10.9. The van der Waals surface area contributed by atoms with E-state index < -0.39 is 17.9 Å². The second-order valence-corrected chi connectivity index (χ2v) is 4.15. The SMILES string of the molecule is C[C@H](O)C[C@@H]1COC(C)(C)N1C(=O)O. The van der Waals surface area contributed by atoms with Crippen molar-refractivity contribution in [3.63, 3.8) is 0 Å². The first-order valence-corrected chi connectivity index (χ1v) is 4.69. The number of aliphatic hydroxyl groups excluding tert-OH is 1. The van der Waals surface area contributed by atoms with Crippen molar-refractivity contribution in [1.82, 2.24) is 4.90 Å². The van der Waals surface area contributed by atoms with Crippen LogP contribution in [0.4, 0.5) is 4.79 Å². The van der Waals surface area contributed by atoms with Crippen LogP contribution in [-0.4, -0.2) is 45.7 Å². The zero-order valence-electron chi connectivity index (χ0n) is 8.73. The number of hydrogen-bond donors (Lipinski definition) is 2. The van der Waals surface area contributed by atoms with Crippen molar-refractivity contribution < 1.29 is 19.7 Å². The Bertz CT molecular complexity index is 227. The van der Waals surface area contributed by atoms with Crippen LogP contribution >= 0.6 is 0 Å². The van der Waals surface area contributed by atoms with E-state index in [-0.39, 0.29) is 6.04 Å². The Morgan fingerprint density at radius 3 is 2.71 bits per heavy atom. The van der Waals surface area contributed by atoms with Gasteiger partial charge in [-0.1, -0.05) is 0 Å². The normalized spacial score (nSPS) is 27.7. The minimum absolute atomic E-state index is 0.248. The van der Waals surface area contributed by atoms with Crippen molar-refractivity contribution in [3.05, 3.63) is 0 Å². The van der Waals surface area contributed by atoms with Gasteiger partial charge >= 0.3 is 6.09 Å². The molecule has 14 heavy (non-hydrogen) atoms. The Morgan fingerprint density at radius 1 is 1.71 bits per heavy atom. The average Bonchev–Trinajstić information content (AvgIpc) is 2.24. The van der Waals surface area contributed by atoms with Gasteiger partial charge in [-0.15, -0.1) is 0 Å². The summed E-state index contributed by atoms with van der Waals surface area (Å²) in [6, 6.07) is -0.248. The van der Waals surface area contributed by atoms with Crippen molar-refractivity contribution in [1.29, 1.82) is 0 Å². The highest BCUT2D eigenvalue weighted by molar-refractivity contribution is 5.66. The molecule has 82 valence electrons. The summed E-state index contributed by atoms with van der Waals surface area (Å²) in [7, 11) is 0. The maximum absolute atomic E-state index is 11.0. The molecule has 2 atom stereocenters. The molecule has 0 saturated carbocycles. The summed E-state index contributed by atoms with van der Waals surface area (Å²) < 4.78 is 5.36. The number of nitrogens with zero attached hydrogens (tertiary/aromatic N) is 1. The Kier molecular flexibility index (Phi) is 3.01. The van der Waals surface area contributed by atoms with Crippen LogP contribution in [0.1, 0.15) is 27.2 Å². The maximum Gasteiger partial charge on any atom is 0.409 e. The van der Waals surface area contributed by atoms with Crippen LogP contribution in [-0.2, 0) is 4.74 Å². The maximum atomic E-state index is 11.0. The second kappa shape index (κ2) is 3.74. The molecule has 0 spiro atoms. The van der Waals surface area contributed by atoms with Gasteiger partial charge < -0.3 is 14.9 Å². The van der Waals surface area contributed by atoms with E-state index in [1.54, 1.807) is 20.8 Å². The molecule has 0 radical (unpaired) electrons. The molecule has 1 fully saturated rings. The lowest BCUT2D eigenvalue weighted by Gasteiger charge is -2.31. The van der Waals surface area contributed by atoms with E-state index in [9.17, 15) is 9.90 Å². The van der Waals surface area contributed by atoms with Gasteiger partial charge in [0, 0.05) is 0 Å². The van der Waals surface area contributed by atoms with E-state index in [2.05, 4.69) is 0 Å². The fourth-order valence-corrected chi connectivity index (χ4v) is 1.84. The van der Waals surface area contributed by atoms with E-state index in [1.165, 1.54) is 4.90 Å². The lowest BCUT2D eigenvalue weighted by molar-refractivity contribution is -0.0428. The molecule has 0 aromatic heterocycles. The van der Waals surface area contributed by atoms with Crippen LogP contribution in [0.3, 0.4) is 0 Å². The van der Waals surface area contributed by atoms with Gasteiger partial charge in [-0.05, 0) is 27.2 Å². The molecule has 5 nitrogen and oxygen atoms in total. The molecule has 0 bridgehead atoms. The van der Waals surface area contributed by atoms with Gasteiger partial charge in [-0.2, -0.15) is 0 Å². The molecule has 2 N–H and O–H groups in total. The smallest absolute Gasteiger partial charge is 0.409 e. The third-order valence-corrected chi connectivity index (χ3v) is 2.39. The second-order valence-electron chi connectivity index (χ2n) is 4.15. The molecular formula is C9H17NO4. The summed E-state index contributed by atoms with van der Waals surface area (Å²) in [5.74, 6) is 0. The van der Waals surface area contributed by atoms with Crippen molar-refractivity contribution in [3.8, 4) is 0 Å². The third-order valence-electron chi connectivity index (χ3n) is 2.39.